The minimum absolute atomic E-state index is 0.0792. The van der Waals surface area contributed by atoms with Gasteiger partial charge in [-0.1, -0.05) is 35.5 Å². The number of carbonyl (C=O) groups is 2. The van der Waals surface area contributed by atoms with Crippen molar-refractivity contribution in [3.8, 4) is 22.5 Å². The summed E-state index contributed by atoms with van der Waals surface area (Å²) < 4.78 is 18.9. The maximum Gasteiger partial charge on any atom is 0.241 e. The number of pyridine rings is 1. The van der Waals surface area contributed by atoms with E-state index in [0.29, 0.717) is 28.2 Å². The van der Waals surface area contributed by atoms with Gasteiger partial charge >= 0.3 is 0 Å². The van der Waals surface area contributed by atoms with Crippen LogP contribution < -0.4 is 10.6 Å². The molecule has 2 amide bonds. The van der Waals surface area contributed by atoms with E-state index in [1.807, 2.05) is 30.3 Å². The normalized spacial score (nSPS) is 10.6. The minimum atomic E-state index is -0.396. The number of rotatable bonds is 6. The largest absolute Gasteiger partial charge is 0.337 e. The summed E-state index contributed by atoms with van der Waals surface area (Å²) in [4.78, 5) is 28.8. The van der Waals surface area contributed by atoms with Crippen molar-refractivity contribution < 1.29 is 18.5 Å². The van der Waals surface area contributed by atoms with Gasteiger partial charge in [-0.2, -0.15) is 0 Å². The van der Waals surface area contributed by atoms with E-state index in [1.165, 1.54) is 19.1 Å². The zero-order valence-electron chi connectivity index (χ0n) is 17.1. The summed E-state index contributed by atoms with van der Waals surface area (Å²) >= 11 is 0. The van der Waals surface area contributed by atoms with Crippen LogP contribution in [0.15, 0.2) is 77.4 Å². The number of anilines is 2. The summed E-state index contributed by atoms with van der Waals surface area (Å²) in [6.45, 7) is 1.38. The molecule has 2 aromatic carbocycles. The second-order valence-corrected chi connectivity index (χ2v) is 7.03. The van der Waals surface area contributed by atoms with Gasteiger partial charge in [0, 0.05) is 18.7 Å². The van der Waals surface area contributed by atoms with Gasteiger partial charge in [-0.25, -0.2) is 4.39 Å². The van der Waals surface area contributed by atoms with Gasteiger partial charge in [0.15, 0.2) is 0 Å². The molecule has 2 aromatic heterocycles. The Kier molecular flexibility index (Phi) is 6.03. The van der Waals surface area contributed by atoms with Gasteiger partial charge in [0.25, 0.3) is 0 Å². The predicted molar refractivity (Wildman–Crippen MR) is 118 cm³/mol. The van der Waals surface area contributed by atoms with Crippen molar-refractivity contribution in [1.29, 1.82) is 0 Å². The van der Waals surface area contributed by atoms with E-state index in [-0.39, 0.29) is 24.1 Å². The number of carbonyl (C=O) groups excluding carboxylic acids is 2. The lowest BCUT2D eigenvalue weighted by Crippen LogP contribution is -2.15. The third-order valence-corrected chi connectivity index (χ3v) is 4.63. The number of nitrogens with zero attached hydrogens (tertiary/aromatic N) is 2. The molecule has 0 fully saturated rings. The van der Waals surface area contributed by atoms with Crippen LogP contribution in [-0.4, -0.2) is 22.0 Å². The molecule has 0 saturated carbocycles. The highest BCUT2D eigenvalue weighted by molar-refractivity contribution is 6.01. The van der Waals surface area contributed by atoms with Crippen LogP contribution in [0.2, 0.25) is 0 Å². The van der Waals surface area contributed by atoms with Gasteiger partial charge in [-0.3, -0.25) is 19.9 Å². The average molecular weight is 430 g/mol. The first-order valence-electron chi connectivity index (χ1n) is 9.83. The average Bonchev–Trinajstić information content (AvgIpc) is 3.18. The topological polar surface area (TPSA) is 97.1 Å². The summed E-state index contributed by atoms with van der Waals surface area (Å²) in [7, 11) is 0. The van der Waals surface area contributed by atoms with Gasteiger partial charge in [-0.05, 0) is 42.0 Å². The van der Waals surface area contributed by atoms with Gasteiger partial charge in [0.1, 0.15) is 17.2 Å². The molecule has 2 N–H and O–H groups in total. The van der Waals surface area contributed by atoms with E-state index in [2.05, 4.69) is 20.8 Å². The van der Waals surface area contributed by atoms with Crippen LogP contribution in [0.1, 0.15) is 12.5 Å². The Labute approximate surface area is 183 Å². The quantitative estimate of drug-likeness (QED) is 0.463. The standard InChI is InChI=1S/C24H19FN4O3/c1-15(30)27-19-8-5-13-26-23(19)21-22(17-9-11-18(25)12-10-17)29-32-24(21)28-20(31)14-16-6-3-2-4-7-16/h2-13H,14H2,1H3,(H,27,30)(H,28,31). The maximum absolute atomic E-state index is 13.5. The van der Waals surface area contributed by atoms with E-state index in [0.717, 1.165) is 5.56 Å². The Hall–Kier alpha value is -4.33. The first-order valence-corrected chi connectivity index (χ1v) is 9.83. The molecule has 0 saturated heterocycles. The number of nitrogens with one attached hydrogen (secondary N) is 2. The van der Waals surface area contributed by atoms with Crippen LogP contribution in [-0.2, 0) is 16.0 Å². The predicted octanol–water partition coefficient (Wildman–Crippen LogP) is 4.68. The van der Waals surface area contributed by atoms with E-state index in [1.54, 1.807) is 30.5 Å². The van der Waals surface area contributed by atoms with E-state index in [4.69, 9.17) is 4.52 Å². The summed E-state index contributed by atoms with van der Waals surface area (Å²) in [6.07, 6.45) is 1.69. The second-order valence-electron chi connectivity index (χ2n) is 7.03. The van der Waals surface area contributed by atoms with Crippen LogP contribution in [0, 0.1) is 5.82 Å². The molecule has 4 aromatic rings. The Morgan fingerprint density at radius 3 is 2.41 bits per heavy atom. The first-order chi connectivity index (χ1) is 15.5. The zero-order valence-corrected chi connectivity index (χ0v) is 17.1. The molecule has 0 aliphatic rings. The van der Waals surface area contributed by atoms with Gasteiger partial charge in [0.05, 0.1) is 17.7 Å². The van der Waals surface area contributed by atoms with E-state index in [9.17, 15) is 14.0 Å². The SMILES string of the molecule is CC(=O)Nc1cccnc1-c1c(-c2ccc(F)cc2)noc1NC(=O)Cc1ccccc1. The number of halogens is 1. The molecule has 160 valence electrons. The fourth-order valence-electron chi connectivity index (χ4n) is 3.25. The smallest absolute Gasteiger partial charge is 0.241 e. The number of benzene rings is 2. The van der Waals surface area contributed by atoms with Crippen LogP contribution in [0.25, 0.3) is 22.5 Å². The highest BCUT2D eigenvalue weighted by Crippen LogP contribution is 2.40. The molecular formula is C24H19FN4O3. The minimum Gasteiger partial charge on any atom is -0.337 e. The third-order valence-electron chi connectivity index (χ3n) is 4.63. The Morgan fingerprint density at radius 2 is 1.69 bits per heavy atom. The van der Waals surface area contributed by atoms with Gasteiger partial charge < -0.3 is 9.84 Å². The van der Waals surface area contributed by atoms with Gasteiger partial charge in [0.2, 0.25) is 17.7 Å². The lowest BCUT2D eigenvalue weighted by Gasteiger charge is -2.10. The summed E-state index contributed by atoms with van der Waals surface area (Å²) in [5.41, 5.74) is 2.91. The molecule has 0 aliphatic carbocycles. The van der Waals surface area contributed by atoms with E-state index >= 15 is 0 Å². The Morgan fingerprint density at radius 1 is 0.938 bits per heavy atom. The van der Waals surface area contributed by atoms with Crippen molar-refractivity contribution in [3.05, 3.63) is 84.3 Å². The number of aromatic nitrogens is 2. The summed E-state index contributed by atoms with van der Waals surface area (Å²) in [5, 5.41) is 9.58. The highest BCUT2D eigenvalue weighted by Gasteiger charge is 2.24. The lowest BCUT2D eigenvalue weighted by atomic mass is 10.0. The molecule has 4 rings (SSSR count). The molecule has 0 unspecified atom stereocenters. The van der Waals surface area contributed by atoms with Gasteiger partial charge in [-0.15, -0.1) is 0 Å². The molecule has 2 heterocycles. The molecule has 8 heteroatoms. The molecule has 0 spiro atoms. The number of hydrogen-bond donors (Lipinski definition) is 2. The number of amides is 2. The second kappa shape index (κ2) is 9.22. The van der Waals surface area contributed by atoms with Crippen LogP contribution in [0.4, 0.5) is 16.0 Å². The van der Waals surface area contributed by atoms with Crippen molar-refractivity contribution in [2.45, 2.75) is 13.3 Å². The summed E-state index contributed by atoms with van der Waals surface area (Å²) in [6, 6.07) is 18.3. The molecule has 0 aliphatic heterocycles. The Bertz CT molecular complexity index is 1250. The lowest BCUT2D eigenvalue weighted by molar-refractivity contribution is -0.116. The molecular weight excluding hydrogens is 411 g/mol. The molecule has 0 radical (unpaired) electrons. The first kappa shape index (κ1) is 20.9. The number of hydrogen-bond acceptors (Lipinski definition) is 5. The Balaban J connectivity index is 1.77. The van der Waals surface area contributed by atoms with Crippen molar-refractivity contribution in [3.63, 3.8) is 0 Å². The zero-order chi connectivity index (χ0) is 22.5. The fourth-order valence-corrected chi connectivity index (χ4v) is 3.25. The van der Waals surface area contributed by atoms with Crippen LogP contribution >= 0.6 is 0 Å². The molecule has 7 nitrogen and oxygen atoms in total. The monoisotopic (exact) mass is 430 g/mol. The molecule has 32 heavy (non-hydrogen) atoms. The van der Waals surface area contributed by atoms with E-state index < -0.39 is 5.82 Å². The van der Waals surface area contributed by atoms with Crippen molar-refractivity contribution in [1.82, 2.24) is 10.1 Å². The van der Waals surface area contributed by atoms with Crippen molar-refractivity contribution in [2.75, 3.05) is 10.6 Å². The maximum atomic E-state index is 13.5. The fraction of sp³-hybridized carbons (Fsp3) is 0.0833. The summed E-state index contributed by atoms with van der Waals surface area (Å²) in [5.74, 6) is -0.910. The van der Waals surface area contributed by atoms with Crippen LogP contribution in [0.3, 0.4) is 0 Å². The molecule has 0 atom stereocenters. The van der Waals surface area contributed by atoms with Crippen molar-refractivity contribution in [2.24, 2.45) is 0 Å². The third kappa shape index (κ3) is 4.70. The molecule has 0 bridgehead atoms. The van der Waals surface area contributed by atoms with Crippen molar-refractivity contribution >= 4 is 23.4 Å². The van der Waals surface area contributed by atoms with Crippen LogP contribution in [0.5, 0.6) is 0 Å². The highest BCUT2D eigenvalue weighted by atomic mass is 19.1.